The summed E-state index contributed by atoms with van der Waals surface area (Å²) in [6, 6.07) is 10.6. The second-order valence-electron chi connectivity index (χ2n) is 4.98. The van der Waals surface area contributed by atoms with Crippen molar-refractivity contribution in [2.75, 3.05) is 25.1 Å². The molecule has 0 spiro atoms. The minimum absolute atomic E-state index is 0.329. The van der Waals surface area contributed by atoms with Gasteiger partial charge in [0.05, 0.1) is 19.3 Å². The number of rotatable bonds is 4. The lowest BCUT2D eigenvalue weighted by Crippen LogP contribution is -2.46. The molecule has 1 aliphatic rings. The second kappa shape index (κ2) is 4.77. The summed E-state index contributed by atoms with van der Waals surface area (Å²) in [6.45, 7) is 6.09. The van der Waals surface area contributed by atoms with Crippen LogP contribution in [-0.2, 0) is 4.74 Å². The zero-order valence-electron chi connectivity index (χ0n) is 10.4. The van der Waals surface area contributed by atoms with Gasteiger partial charge >= 0.3 is 0 Å². The third-order valence-corrected chi connectivity index (χ3v) is 3.19. The molecule has 2 rings (SSSR count). The van der Waals surface area contributed by atoms with Gasteiger partial charge in [0.25, 0.3) is 0 Å². The normalized spacial score (nSPS) is 17.3. The highest BCUT2D eigenvalue weighted by Gasteiger charge is 2.38. The first-order valence-electron chi connectivity index (χ1n) is 5.99. The maximum Gasteiger partial charge on any atom is 0.121 e. The standard InChI is InChI=1S/C14H18N2O/c1-11(2)12-5-3-4-6-13(12)16-8-14(7-15)9-17-10-14/h3-6,11,16H,8-10H2,1-2H3. The number of hydrogen-bond donors (Lipinski definition) is 1. The lowest BCUT2D eigenvalue weighted by Gasteiger charge is -2.35. The number of hydrogen-bond acceptors (Lipinski definition) is 3. The molecule has 0 aromatic heterocycles. The minimum Gasteiger partial charge on any atom is -0.383 e. The number of nitrogens with one attached hydrogen (secondary N) is 1. The first-order chi connectivity index (χ1) is 8.17. The van der Waals surface area contributed by atoms with Gasteiger partial charge < -0.3 is 10.1 Å². The summed E-state index contributed by atoms with van der Waals surface area (Å²) in [5.74, 6) is 0.481. The van der Waals surface area contributed by atoms with E-state index in [4.69, 9.17) is 10.00 Å². The molecular formula is C14H18N2O. The Bertz CT molecular complexity index is 430. The van der Waals surface area contributed by atoms with E-state index >= 15 is 0 Å². The van der Waals surface area contributed by atoms with Crippen molar-refractivity contribution in [1.29, 1.82) is 5.26 Å². The van der Waals surface area contributed by atoms with Gasteiger partial charge in [-0.2, -0.15) is 5.26 Å². The molecule has 1 heterocycles. The summed E-state index contributed by atoms with van der Waals surface area (Å²) >= 11 is 0. The Labute approximate surface area is 102 Å². The molecule has 0 unspecified atom stereocenters. The van der Waals surface area contributed by atoms with Crippen LogP contribution in [0.5, 0.6) is 0 Å². The zero-order chi connectivity index (χ0) is 12.3. The van der Waals surface area contributed by atoms with Gasteiger partial charge in [-0.3, -0.25) is 0 Å². The molecule has 1 aromatic carbocycles. The Hall–Kier alpha value is -1.53. The van der Waals surface area contributed by atoms with Crippen molar-refractivity contribution in [3.05, 3.63) is 29.8 Å². The zero-order valence-corrected chi connectivity index (χ0v) is 10.4. The SMILES string of the molecule is CC(C)c1ccccc1NCC1(C#N)COC1. The van der Waals surface area contributed by atoms with Crippen LogP contribution in [0.2, 0.25) is 0 Å². The van der Waals surface area contributed by atoms with E-state index in [1.54, 1.807) is 0 Å². The molecule has 0 bridgehead atoms. The number of anilines is 1. The maximum absolute atomic E-state index is 9.12. The van der Waals surface area contributed by atoms with Crippen molar-refractivity contribution in [2.24, 2.45) is 5.41 Å². The number of nitrogens with zero attached hydrogens (tertiary/aromatic N) is 1. The molecule has 1 N–H and O–H groups in total. The van der Waals surface area contributed by atoms with Crippen LogP contribution in [0.25, 0.3) is 0 Å². The first-order valence-corrected chi connectivity index (χ1v) is 5.99. The number of para-hydroxylation sites is 1. The summed E-state index contributed by atoms with van der Waals surface area (Å²) < 4.78 is 5.13. The van der Waals surface area contributed by atoms with Crippen LogP contribution < -0.4 is 5.32 Å². The highest BCUT2D eigenvalue weighted by Crippen LogP contribution is 2.29. The Morgan fingerprint density at radius 3 is 2.65 bits per heavy atom. The number of nitriles is 1. The summed E-state index contributed by atoms with van der Waals surface area (Å²) in [7, 11) is 0. The van der Waals surface area contributed by atoms with E-state index in [9.17, 15) is 0 Å². The quantitative estimate of drug-likeness (QED) is 0.865. The molecule has 90 valence electrons. The van der Waals surface area contributed by atoms with E-state index in [0.29, 0.717) is 25.7 Å². The fraction of sp³-hybridized carbons (Fsp3) is 0.500. The third kappa shape index (κ3) is 2.42. The van der Waals surface area contributed by atoms with Crippen molar-refractivity contribution < 1.29 is 4.74 Å². The van der Waals surface area contributed by atoms with Gasteiger partial charge in [-0.05, 0) is 17.5 Å². The minimum atomic E-state index is -0.329. The predicted octanol–water partition coefficient (Wildman–Crippen LogP) is 2.76. The molecular weight excluding hydrogens is 212 g/mol. The monoisotopic (exact) mass is 230 g/mol. The van der Waals surface area contributed by atoms with Gasteiger partial charge in [0.15, 0.2) is 0 Å². The molecule has 0 amide bonds. The lowest BCUT2D eigenvalue weighted by atomic mass is 9.87. The molecule has 0 radical (unpaired) electrons. The molecule has 17 heavy (non-hydrogen) atoms. The van der Waals surface area contributed by atoms with Crippen molar-refractivity contribution in [3.8, 4) is 6.07 Å². The molecule has 0 saturated carbocycles. The predicted molar refractivity (Wildman–Crippen MR) is 67.9 cm³/mol. The van der Waals surface area contributed by atoms with Crippen LogP contribution in [0.1, 0.15) is 25.3 Å². The topological polar surface area (TPSA) is 45.0 Å². The van der Waals surface area contributed by atoms with Crippen LogP contribution in [0.15, 0.2) is 24.3 Å². The van der Waals surface area contributed by atoms with Crippen molar-refractivity contribution in [2.45, 2.75) is 19.8 Å². The van der Waals surface area contributed by atoms with E-state index in [2.05, 4.69) is 37.4 Å². The van der Waals surface area contributed by atoms with E-state index < -0.39 is 0 Å². The molecule has 1 aromatic rings. The van der Waals surface area contributed by atoms with Crippen molar-refractivity contribution in [1.82, 2.24) is 0 Å². The molecule has 0 atom stereocenters. The van der Waals surface area contributed by atoms with Crippen LogP contribution in [0.3, 0.4) is 0 Å². The highest BCUT2D eigenvalue weighted by molar-refractivity contribution is 5.52. The number of ether oxygens (including phenoxy) is 1. The molecule has 1 fully saturated rings. The van der Waals surface area contributed by atoms with E-state index in [-0.39, 0.29) is 5.41 Å². The third-order valence-electron chi connectivity index (χ3n) is 3.19. The van der Waals surface area contributed by atoms with E-state index in [1.807, 2.05) is 12.1 Å². The second-order valence-corrected chi connectivity index (χ2v) is 4.98. The fourth-order valence-electron chi connectivity index (χ4n) is 1.98. The largest absolute Gasteiger partial charge is 0.383 e. The Morgan fingerprint density at radius 2 is 2.12 bits per heavy atom. The fourth-order valence-corrected chi connectivity index (χ4v) is 1.98. The first kappa shape index (κ1) is 11.9. The van der Waals surface area contributed by atoms with Crippen molar-refractivity contribution >= 4 is 5.69 Å². The van der Waals surface area contributed by atoms with E-state index in [1.165, 1.54) is 5.56 Å². The summed E-state index contributed by atoms with van der Waals surface area (Å²) in [5, 5.41) is 12.5. The van der Waals surface area contributed by atoms with Crippen LogP contribution in [0, 0.1) is 16.7 Å². The lowest BCUT2D eigenvalue weighted by molar-refractivity contribution is -0.0690. The molecule has 3 heteroatoms. The Morgan fingerprint density at radius 1 is 1.41 bits per heavy atom. The smallest absolute Gasteiger partial charge is 0.121 e. The van der Waals surface area contributed by atoms with Gasteiger partial charge in [0.2, 0.25) is 0 Å². The van der Waals surface area contributed by atoms with Crippen molar-refractivity contribution in [3.63, 3.8) is 0 Å². The molecule has 1 saturated heterocycles. The van der Waals surface area contributed by atoms with Crippen LogP contribution >= 0.6 is 0 Å². The van der Waals surface area contributed by atoms with Gasteiger partial charge in [-0.25, -0.2) is 0 Å². The summed E-state index contributed by atoms with van der Waals surface area (Å²) in [4.78, 5) is 0. The Balaban J connectivity index is 2.07. The molecule has 1 aliphatic heterocycles. The summed E-state index contributed by atoms with van der Waals surface area (Å²) in [5.41, 5.74) is 2.09. The Kier molecular flexibility index (Phi) is 3.35. The van der Waals surface area contributed by atoms with Gasteiger partial charge in [-0.1, -0.05) is 32.0 Å². The summed E-state index contributed by atoms with van der Waals surface area (Å²) in [6.07, 6.45) is 0. The van der Waals surface area contributed by atoms with Gasteiger partial charge in [0, 0.05) is 12.2 Å². The number of benzene rings is 1. The average molecular weight is 230 g/mol. The highest BCUT2D eigenvalue weighted by atomic mass is 16.5. The van der Waals surface area contributed by atoms with Gasteiger partial charge in [0.1, 0.15) is 5.41 Å². The maximum atomic E-state index is 9.12. The van der Waals surface area contributed by atoms with Gasteiger partial charge in [-0.15, -0.1) is 0 Å². The molecule has 3 nitrogen and oxygen atoms in total. The molecule has 0 aliphatic carbocycles. The van der Waals surface area contributed by atoms with E-state index in [0.717, 1.165) is 5.69 Å². The van der Waals surface area contributed by atoms with Crippen LogP contribution in [0.4, 0.5) is 5.69 Å². The van der Waals surface area contributed by atoms with Crippen LogP contribution in [-0.4, -0.2) is 19.8 Å². The average Bonchev–Trinajstić information content (AvgIpc) is 2.28.